The summed E-state index contributed by atoms with van der Waals surface area (Å²) in [7, 11) is 0. The van der Waals surface area contributed by atoms with Crippen molar-refractivity contribution in [2.75, 3.05) is 26.2 Å². The number of piperidine rings is 1. The molecule has 2 aliphatic rings. The molecule has 0 unspecified atom stereocenters. The van der Waals surface area contributed by atoms with Crippen molar-refractivity contribution >= 4 is 11.8 Å². The second-order valence-electron chi connectivity index (χ2n) is 7.86. The SMILES string of the molecule is NC(=O)C1CCN(C2CN(C(=O)C(c3ccccc3)c3ccccc3)C2)CC1. The van der Waals surface area contributed by atoms with Crippen LogP contribution in [0.15, 0.2) is 60.7 Å². The van der Waals surface area contributed by atoms with Gasteiger partial charge in [0.05, 0.1) is 5.92 Å². The minimum Gasteiger partial charge on any atom is -0.369 e. The van der Waals surface area contributed by atoms with E-state index in [1.54, 1.807) is 0 Å². The van der Waals surface area contributed by atoms with Gasteiger partial charge < -0.3 is 10.6 Å². The second kappa shape index (κ2) is 8.15. The van der Waals surface area contributed by atoms with Crippen molar-refractivity contribution in [2.45, 2.75) is 24.8 Å². The number of hydrogen-bond donors (Lipinski definition) is 1. The number of benzene rings is 2. The van der Waals surface area contributed by atoms with Gasteiger partial charge in [0.1, 0.15) is 0 Å². The minimum absolute atomic E-state index is 0.00889. The Hall–Kier alpha value is -2.66. The Morgan fingerprint density at radius 1 is 0.857 bits per heavy atom. The van der Waals surface area contributed by atoms with Crippen LogP contribution in [0.2, 0.25) is 0 Å². The Morgan fingerprint density at radius 3 is 1.82 bits per heavy atom. The average Bonchev–Trinajstić information content (AvgIpc) is 2.69. The molecule has 0 aromatic heterocycles. The van der Waals surface area contributed by atoms with Crippen molar-refractivity contribution in [2.24, 2.45) is 11.7 Å². The number of carbonyl (C=O) groups excluding carboxylic acids is 2. The number of nitrogens with two attached hydrogens (primary N) is 1. The molecular weight excluding hydrogens is 350 g/mol. The Morgan fingerprint density at radius 2 is 1.36 bits per heavy atom. The first-order valence-electron chi connectivity index (χ1n) is 10.1. The van der Waals surface area contributed by atoms with Gasteiger partial charge in [0, 0.05) is 25.0 Å². The predicted octanol–water partition coefficient (Wildman–Crippen LogP) is 2.23. The predicted molar refractivity (Wildman–Crippen MR) is 109 cm³/mol. The summed E-state index contributed by atoms with van der Waals surface area (Å²) in [6.45, 7) is 3.30. The zero-order valence-corrected chi connectivity index (χ0v) is 16.0. The molecule has 4 rings (SSSR count). The standard InChI is InChI=1S/C23H27N3O2/c24-22(27)19-11-13-25(14-12-19)20-15-26(16-20)23(28)21(17-7-3-1-4-8-17)18-9-5-2-6-10-18/h1-10,19-21H,11-16H2,(H2,24,27). The van der Waals surface area contributed by atoms with Gasteiger partial charge in [0.25, 0.3) is 0 Å². The number of carbonyl (C=O) groups is 2. The van der Waals surface area contributed by atoms with Crippen LogP contribution in [0, 0.1) is 5.92 Å². The first-order chi connectivity index (χ1) is 13.6. The van der Waals surface area contributed by atoms with Crippen LogP contribution in [0.25, 0.3) is 0 Å². The quantitative estimate of drug-likeness (QED) is 0.869. The van der Waals surface area contributed by atoms with E-state index in [1.807, 2.05) is 65.6 Å². The second-order valence-corrected chi connectivity index (χ2v) is 7.86. The molecule has 5 heteroatoms. The summed E-state index contributed by atoms with van der Waals surface area (Å²) < 4.78 is 0. The van der Waals surface area contributed by atoms with Crippen molar-refractivity contribution in [3.05, 3.63) is 71.8 Å². The molecule has 2 amide bonds. The van der Waals surface area contributed by atoms with Gasteiger partial charge in [0.15, 0.2) is 0 Å². The van der Waals surface area contributed by atoms with Gasteiger partial charge in [-0.1, -0.05) is 60.7 Å². The first kappa shape index (κ1) is 18.7. The lowest BCUT2D eigenvalue weighted by Gasteiger charge is -2.48. The topological polar surface area (TPSA) is 66.6 Å². The van der Waals surface area contributed by atoms with E-state index in [4.69, 9.17) is 5.73 Å². The van der Waals surface area contributed by atoms with Crippen molar-refractivity contribution < 1.29 is 9.59 Å². The third-order valence-corrected chi connectivity index (χ3v) is 6.14. The molecule has 28 heavy (non-hydrogen) atoms. The van der Waals surface area contributed by atoms with Crippen LogP contribution in [0.5, 0.6) is 0 Å². The van der Waals surface area contributed by atoms with Gasteiger partial charge in [-0.3, -0.25) is 14.5 Å². The molecule has 0 atom stereocenters. The Balaban J connectivity index is 1.42. The van der Waals surface area contributed by atoms with Crippen LogP contribution in [-0.2, 0) is 9.59 Å². The molecule has 2 aliphatic heterocycles. The number of amides is 2. The third kappa shape index (κ3) is 3.80. The molecule has 146 valence electrons. The molecule has 2 aromatic rings. The maximum atomic E-state index is 13.3. The van der Waals surface area contributed by atoms with Crippen LogP contribution in [-0.4, -0.2) is 53.8 Å². The molecule has 5 nitrogen and oxygen atoms in total. The van der Waals surface area contributed by atoms with Gasteiger partial charge in [-0.25, -0.2) is 0 Å². The summed E-state index contributed by atoms with van der Waals surface area (Å²) in [5.41, 5.74) is 7.49. The Kier molecular flexibility index (Phi) is 5.44. The van der Waals surface area contributed by atoms with Crippen LogP contribution in [0.4, 0.5) is 0 Å². The zero-order chi connectivity index (χ0) is 19.5. The molecule has 0 spiro atoms. The number of rotatable bonds is 5. The lowest BCUT2D eigenvalue weighted by molar-refractivity contribution is -0.140. The molecule has 2 saturated heterocycles. The maximum Gasteiger partial charge on any atom is 0.234 e. The van der Waals surface area contributed by atoms with E-state index in [1.165, 1.54) is 0 Å². The summed E-state index contributed by atoms with van der Waals surface area (Å²) in [4.78, 5) is 29.1. The lowest BCUT2D eigenvalue weighted by atomic mass is 9.88. The fraction of sp³-hybridized carbons (Fsp3) is 0.391. The number of hydrogen-bond acceptors (Lipinski definition) is 3. The van der Waals surface area contributed by atoms with E-state index in [0.717, 1.165) is 50.1 Å². The summed E-state index contributed by atoms with van der Waals surface area (Å²) in [5, 5.41) is 0. The molecular formula is C23H27N3O2. The summed E-state index contributed by atoms with van der Waals surface area (Å²) >= 11 is 0. The van der Waals surface area contributed by atoms with Crippen molar-refractivity contribution in [3.63, 3.8) is 0 Å². The van der Waals surface area contributed by atoms with Crippen molar-refractivity contribution in [1.82, 2.24) is 9.80 Å². The molecule has 2 N–H and O–H groups in total. The molecule has 0 radical (unpaired) electrons. The monoisotopic (exact) mass is 377 g/mol. The fourth-order valence-electron chi connectivity index (χ4n) is 4.37. The van der Waals surface area contributed by atoms with E-state index in [9.17, 15) is 9.59 Å². The molecule has 2 aromatic carbocycles. The molecule has 2 fully saturated rings. The largest absolute Gasteiger partial charge is 0.369 e. The number of nitrogens with zero attached hydrogens (tertiary/aromatic N) is 2. The molecule has 2 heterocycles. The first-order valence-corrected chi connectivity index (χ1v) is 10.1. The van der Waals surface area contributed by atoms with Gasteiger partial charge >= 0.3 is 0 Å². The van der Waals surface area contributed by atoms with Crippen molar-refractivity contribution in [3.8, 4) is 0 Å². The maximum absolute atomic E-state index is 13.3. The highest BCUT2D eigenvalue weighted by atomic mass is 16.2. The molecule has 0 aliphatic carbocycles. The minimum atomic E-state index is -0.260. The zero-order valence-electron chi connectivity index (χ0n) is 16.0. The smallest absolute Gasteiger partial charge is 0.234 e. The molecule has 0 bridgehead atoms. The highest BCUT2D eigenvalue weighted by Crippen LogP contribution is 2.30. The summed E-state index contributed by atoms with van der Waals surface area (Å²) in [6, 6.07) is 20.4. The van der Waals surface area contributed by atoms with E-state index in [2.05, 4.69) is 4.90 Å². The fourth-order valence-corrected chi connectivity index (χ4v) is 4.37. The van der Waals surface area contributed by atoms with E-state index < -0.39 is 0 Å². The van der Waals surface area contributed by atoms with E-state index >= 15 is 0 Å². The normalized spacial score (nSPS) is 18.8. The summed E-state index contributed by atoms with van der Waals surface area (Å²) in [5.74, 6) is -0.266. The third-order valence-electron chi connectivity index (χ3n) is 6.14. The highest BCUT2D eigenvalue weighted by molar-refractivity contribution is 5.88. The van der Waals surface area contributed by atoms with Crippen LogP contribution >= 0.6 is 0 Å². The van der Waals surface area contributed by atoms with Gasteiger partial charge in [-0.2, -0.15) is 0 Å². The molecule has 0 saturated carbocycles. The van der Waals surface area contributed by atoms with Crippen molar-refractivity contribution in [1.29, 1.82) is 0 Å². The number of primary amides is 1. The van der Waals surface area contributed by atoms with E-state index in [0.29, 0.717) is 6.04 Å². The Bertz CT molecular complexity index is 771. The Labute approximate surface area is 166 Å². The summed E-state index contributed by atoms with van der Waals surface area (Å²) in [6.07, 6.45) is 1.66. The van der Waals surface area contributed by atoms with Crippen LogP contribution < -0.4 is 5.73 Å². The number of likely N-dealkylation sites (tertiary alicyclic amines) is 2. The van der Waals surface area contributed by atoms with Crippen LogP contribution in [0.1, 0.15) is 29.9 Å². The highest BCUT2D eigenvalue weighted by Gasteiger charge is 2.39. The van der Waals surface area contributed by atoms with Gasteiger partial charge in [-0.05, 0) is 37.1 Å². The van der Waals surface area contributed by atoms with Gasteiger partial charge in [0.2, 0.25) is 11.8 Å². The lowest BCUT2D eigenvalue weighted by Crippen LogP contribution is -2.63. The average molecular weight is 377 g/mol. The van der Waals surface area contributed by atoms with Crippen LogP contribution in [0.3, 0.4) is 0 Å². The van der Waals surface area contributed by atoms with Gasteiger partial charge in [-0.15, -0.1) is 0 Å². The van der Waals surface area contributed by atoms with E-state index in [-0.39, 0.29) is 23.7 Å².